The van der Waals surface area contributed by atoms with Crippen LogP contribution in [0, 0.1) is 6.92 Å². The minimum Gasteiger partial charge on any atom is -0.491 e. The molecule has 0 bridgehead atoms. The normalized spacial score (nSPS) is 10.1. The van der Waals surface area contributed by atoms with Crippen molar-refractivity contribution in [3.05, 3.63) is 29.3 Å². The highest BCUT2D eigenvalue weighted by molar-refractivity contribution is 5.94. The number of carbonyl (C=O) groups is 1. The van der Waals surface area contributed by atoms with Crippen LogP contribution in [-0.2, 0) is 4.74 Å². The van der Waals surface area contributed by atoms with Gasteiger partial charge >= 0.3 is 0 Å². The quantitative estimate of drug-likeness (QED) is 0.550. The van der Waals surface area contributed by atoms with Gasteiger partial charge in [0.25, 0.3) is 0 Å². The Hall–Kier alpha value is -1.35. The summed E-state index contributed by atoms with van der Waals surface area (Å²) < 4.78 is 10.3. The number of hydrogen-bond acceptors (Lipinski definition) is 3. The van der Waals surface area contributed by atoms with Crippen LogP contribution < -0.4 is 4.74 Å². The number of benzene rings is 1. The molecule has 3 nitrogen and oxygen atoms in total. The molecule has 0 aliphatic heterocycles. The maximum atomic E-state index is 11.2. The molecule has 0 atom stereocenters. The van der Waals surface area contributed by atoms with Crippen LogP contribution >= 0.6 is 0 Å². The van der Waals surface area contributed by atoms with E-state index in [1.807, 2.05) is 19.1 Å². The Labute approximate surface area is 90.0 Å². The van der Waals surface area contributed by atoms with Gasteiger partial charge < -0.3 is 9.47 Å². The molecule has 1 rings (SSSR count). The number of rotatable bonds is 5. The van der Waals surface area contributed by atoms with Crippen molar-refractivity contribution in [1.82, 2.24) is 0 Å². The number of ether oxygens (including phenoxy) is 2. The third kappa shape index (κ3) is 3.72. The van der Waals surface area contributed by atoms with Crippen LogP contribution in [-0.4, -0.2) is 26.1 Å². The second kappa shape index (κ2) is 5.51. The van der Waals surface area contributed by atoms with Crippen LogP contribution in [0.4, 0.5) is 0 Å². The van der Waals surface area contributed by atoms with Gasteiger partial charge in [0.15, 0.2) is 5.78 Å². The highest BCUT2D eigenvalue weighted by Crippen LogP contribution is 2.17. The zero-order valence-electron chi connectivity index (χ0n) is 9.37. The molecule has 0 spiro atoms. The van der Waals surface area contributed by atoms with Crippen molar-refractivity contribution in [1.29, 1.82) is 0 Å². The molecular weight excluding hydrogens is 192 g/mol. The molecule has 0 heterocycles. The Morgan fingerprint density at radius 3 is 2.60 bits per heavy atom. The van der Waals surface area contributed by atoms with Gasteiger partial charge in [0.1, 0.15) is 12.4 Å². The zero-order chi connectivity index (χ0) is 11.3. The van der Waals surface area contributed by atoms with Crippen molar-refractivity contribution in [3.63, 3.8) is 0 Å². The van der Waals surface area contributed by atoms with Crippen molar-refractivity contribution in [3.8, 4) is 5.75 Å². The molecule has 0 fully saturated rings. The second-order valence-corrected chi connectivity index (χ2v) is 3.43. The topological polar surface area (TPSA) is 35.5 Å². The standard InChI is InChI=1S/C12H16O3/c1-9-6-11(10(2)13)8-12(7-9)15-5-4-14-3/h6-8H,4-5H2,1-3H3. The molecule has 0 N–H and O–H groups in total. The Morgan fingerprint density at radius 1 is 1.27 bits per heavy atom. The Morgan fingerprint density at radius 2 is 2.00 bits per heavy atom. The van der Waals surface area contributed by atoms with Gasteiger partial charge in [0.05, 0.1) is 6.61 Å². The minimum absolute atomic E-state index is 0.0512. The van der Waals surface area contributed by atoms with Gasteiger partial charge in [-0.05, 0) is 37.6 Å². The molecule has 82 valence electrons. The summed E-state index contributed by atoms with van der Waals surface area (Å²) in [7, 11) is 1.63. The average Bonchev–Trinajstić information content (AvgIpc) is 2.17. The molecule has 1 aromatic carbocycles. The molecule has 0 saturated carbocycles. The monoisotopic (exact) mass is 208 g/mol. The van der Waals surface area contributed by atoms with Crippen LogP contribution in [0.1, 0.15) is 22.8 Å². The Balaban J connectivity index is 2.75. The molecule has 3 heteroatoms. The molecular formula is C12H16O3. The van der Waals surface area contributed by atoms with Crippen molar-refractivity contribution >= 4 is 5.78 Å². The lowest BCUT2D eigenvalue weighted by atomic mass is 10.1. The fourth-order valence-electron chi connectivity index (χ4n) is 1.28. The Kier molecular flexibility index (Phi) is 4.31. The van der Waals surface area contributed by atoms with Crippen LogP contribution in [0.3, 0.4) is 0 Å². The van der Waals surface area contributed by atoms with Crippen LogP contribution in [0.25, 0.3) is 0 Å². The molecule has 0 saturated heterocycles. The van der Waals surface area contributed by atoms with E-state index in [0.29, 0.717) is 18.8 Å². The third-order valence-corrected chi connectivity index (χ3v) is 2.01. The van der Waals surface area contributed by atoms with E-state index in [1.165, 1.54) is 0 Å². The first-order chi connectivity index (χ1) is 7.13. The first kappa shape index (κ1) is 11.7. The molecule has 15 heavy (non-hydrogen) atoms. The number of methoxy groups -OCH3 is 1. The van der Waals surface area contributed by atoms with Gasteiger partial charge in [-0.25, -0.2) is 0 Å². The maximum Gasteiger partial charge on any atom is 0.159 e. The summed E-state index contributed by atoms with van der Waals surface area (Å²) >= 11 is 0. The largest absolute Gasteiger partial charge is 0.491 e. The van der Waals surface area contributed by atoms with Crippen LogP contribution in [0.2, 0.25) is 0 Å². The summed E-state index contributed by atoms with van der Waals surface area (Å²) in [6.45, 7) is 4.53. The smallest absolute Gasteiger partial charge is 0.159 e. The van der Waals surface area contributed by atoms with Crippen molar-refractivity contribution in [2.45, 2.75) is 13.8 Å². The fourth-order valence-corrected chi connectivity index (χ4v) is 1.28. The summed E-state index contributed by atoms with van der Waals surface area (Å²) in [6.07, 6.45) is 0. The molecule has 0 amide bonds. The predicted octanol–water partition coefficient (Wildman–Crippen LogP) is 2.22. The van der Waals surface area contributed by atoms with E-state index < -0.39 is 0 Å². The molecule has 1 aromatic rings. The Bertz CT molecular complexity index is 345. The lowest BCUT2D eigenvalue weighted by Gasteiger charge is -2.07. The molecule has 0 aliphatic rings. The third-order valence-electron chi connectivity index (χ3n) is 2.01. The van der Waals surface area contributed by atoms with E-state index in [1.54, 1.807) is 20.1 Å². The lowest BCUT2D eigenvalue weighted by molar-refractivity contribution is 0.101. The number of ketones is 1. The number of hydrogen-bond donors (Lipinski definition) is 0. The van der Waals surface area contributed by atoms with E-state index in [2.05, 4.69) is 0 Å². The van der Waals surface area contributed by atoms with Gasteiger partial charge in [-0.1, -0.05) is 0 Å². The van der Waals surface area contributed by atoms with E-state index >= 15 is 0 Å². The minimum atomic E-state index is 0.0512. The van der Waals surface area contributed by atoms with E-state index in [9.17, 15) is 4.79 Å². The zero-order valence-corrected chi connectivity index (χ0v) is 9.37. The molecule has 0 aliphatic carbocycles. The van der Waals surface area contributed by atoms with Crippen molar-refractivity contribution < 1.29 is 14.3 Å². The van der Waals surface area contributed by atoms with E-state index in [4.69, 9.17) is 9.47 Å². The summed E-state index contributed by atoms with van der Waals surface area (Å²) in [5.41, 5.74) is 1.71. The maximum absolute atomic E-state index is 11.2. The van der Waals surface area contributed by atoms with Gasteiger partial charge in [-0.3, -0.25) is 4.79 Å². The molecule has 0 radical (unpaired) electrons. The molecule has 0 unspecified atom stereocenters. The van der Waals surface area contributed by atoms with Gasteiger partial charge in [-0.2, -0.15) is 0 Å². The second-order valence-electron chi connectivity index (χ2n) is 3.43. The summed E-state index contributed by atoms with van der Waals surface area (Å²) in [5, 5.41) is 0. The van der Waals surface area contributed by atoms with Gasteiger partial charge in [0, 0.05) is 12.7 Å². The fraction of sp³-hybridized carbons (Fsp3) is 0.417. The van der Waals surface area contributed by atoms with Crippen molar-refractivity contribution in [2.24, 2.45) is 0 Å². The van der Waals surface area contributed by atoms with Crippen LogP contribution in [0.15, 0.2) is 18.2 Å². The number of aryl methyl sites for hydroxylation is 1. The van der Waals surface area contributed by atoms with Crippen molar-refractivity contribution in [2.75, 3.05) is 20.3 Å². The highest BCUT2D eigenvalue weighted by atomic mass is 16.5. The first-order valence-corrected chi connectivity index (χ1v) is 4.88. The summed E-state index contributed by atoms with van der Waals surface area (Å²) in [4.78, 5) is 11.2. The average molecular weight is 208 g/mol. The van der Waals surface area contributed by atoms with Gasteiger partial charge in [0.2, 0.25) is 0 Å². The highest BCUT2D eigenvalue weighted by Gasteiger charge is 2.03. The van der Waals surface area contributed by atoms with Crippen LogP contribution in [0.5, 0.6) is 5.75 Å². The number of carbonyl (C=O) groups excluding carboxylic acids is 1. The number of Topliss-reactive ketones (excluding diaryl/α,β-unsaturated/α-hetero) is 1. The van der Waals surface area contributed by atoms with E-state index in [0.717, 1.165) is 11.3 Å². The predicted molar refractivity (Wildman–Crippen MR) is 58.6 cm³/mol. The first-order valence-electron chi connectivity index (χ1n) is 4.88. The summed E-state index contributed by atoms with van der Waals surface area (Å²) in [5.74, 6) is 0.771. The van der Waals surface area contributed by atoms with Gasteiger partial charge in [-0.15, -0.1) is 0 Å². The molecule has 0 aromatic heterocycles. The lowest BCUT2D eigenvalue weighted by Crippen LogP contribution is -2.05. The summed E-state index contributed by atoms with van der Waals surface area (Å²) in [6, 6.07) is 5.51. The van der Waals surface area contributed by atoms with E-state index in [-0.39, 0.29) is 5.78 Å². The SMILES string of the molecule is COCCOc1cc(C)cc(C(C)=O)c1.